The minimum atomic E-state index is -4.03. The van der Waals surface area contributed by atoms with Gasteiger partial charge in [0.05, 0.1) is 16.6 Å². The fourth-order valence-electron chi connectivity index (χ4n) is 2.18. The summed E-state index contributed by atoms with van der Waals surface area (Å²) in [6.07, 6.45) is 1.39. The second-order valence-corrected chi connectivity index (χ2v) is 7.61. The van der Waals surface area contributed by atoms with Gasteiger partial charge < -0.3 is 10.1 Å². The number of carbonyl (C=O) groups excluding carboxylic acids is 1. The maximum Gasteiger partial charge on any atom is 0.261 e. The zero-order valence-corrected chi connectivity index (χ0v) is 13.1. The van der Waals surface area contributed by atoms with E-state index in [4.69, 9.17) is 15.4 Å². The van der Waals surface area contributed by atoms with Crippen LogP contribution in [-0.2, 0) is 13.8 Å². The number of aryl methyl sites for hydroxylation is 1. The molecule has 0 bridgehead atoms. The maximum absolute atomic E-state index is 14.0. The molecule has 0 heterocycles. The second kappa shape index (κ2) is 5.90. The first kappa shape index (κ1) is 16.2. The van der Waals surface area contributed by atoms with Gasteiger partial charge in [0, 0.05) is 23.8 Å². The molecule has 5 nitrogen and oxygen atoms in total. The van der Waals surface area contributed by atoms with Crippen molar-refractivity contribution in [2.45, 2.75) is 36.8 Å². The van der Waals surface area contributed by atoms with Crippen molar-refractivity contribution in [2.24, 2.45) is 0 Å². The largest absolute Gasteiger partial charge is 0.381 e. The monoisotopic (exact) mass is 335 g/mol. The molecule has 1 aromatic rings. The molecule has 1 aliphatic rings. The lowest BCUT2D eigenvalue weighted by Gasteiger charge is -2.34. The van der Waals surface area contributed by atoms with E-state index in [1.165, 1.54) is 6.92 Å². The lowest BCUT2D eigenvalue weighted by molar-refractivity contribution is 0.0175. The summed E-state index contributed by atoms with van der Waals surface area (Å²) >= 11 is 0. The van der Waals surface area contributed by atoms with Crippen LogP contribution in [0.15, 0.2) is 17.0 Å². The van der Waals surface area contributed by atoms with Gasteiger partial charge in [0.2, 0.25) is 0 Å². The summed E-state index contributed by atoms with van der Waals surface area (Å²) < 4.78 is 41.8. The molecule has 0 unspecified atom stereocenters. The van der Waals surface area contributed by atoms with Gasteiger partial charge in [-0.3, -0.25) is 4.79 Å². The third-order valence-corrected chi connectivity index (χ3v) is 4.85. The SMILES string of the molecule is COC1CC(NC(=O)c2cc(S(=O)(=O)Cl)cc(C)c2F)C1. The quantitative estimate of drug-likeness (QED) is 0.854. The molecule has 1 fully saturated rings. The molecule has 0 aromatic heterocycles. The summed E-state index contributed by atoms with van der Waals surface area (Å²) in [6.45, 7) is 1.38. The van der Waals surface area contributed by atoms with Gasteiger partial charge in [-0.15, -0.1) is 0 Å². The molecule has 1 aromatic carbocycles. The van der Waals surface area contributed by atoms with Gasteiger partial charge in [-0.05, 0) is 37.5 Å². The molecule has 1 saturated carbocycles. The lowest BCUT2D eigenvalue weighted by Crippen LogP contribution is -2.47. The van der Waals surface area contributed by atoms with E-state index in [0.717, 1.165) is 12.1 Å². The number of hydrogen-bond acceptors (Lipinski definition) is 4. The van der Waals surface area contributed by atoms with Gasteiger partial charge in [-0.25, -0.2) is 12.8 Å². The summed E-state index contributed by atoms with van der Waals surface area (Å²) in [5.74, 6) is -1.41. The molecule has 1 N–H and O–H groups in total. The topological polar surface area (TPSA) is 72.5 Å². The Morgan fingerprint density at radius 3 is 2.57 bits per heavy atom. The summed E-state index contributed by atoms with van der Waals surface area (Å²) in [6, 6.07) is 1.95. The molecule has 0 radical (unpaired) electrons. The van der Waals surface area contributed by atoms with E-state index >= 15 is 0 Å². The second-order valence-electron chi connectivity index (χ2n) is 5.04. The first-order valence-corrected chi connectivity index (χ1v) is 8.61. The van der Waals surface area contributed by atoms with Crippen LogP contribution in [0, 0.1) is 12.7 Å². The number of nitrogens with one attached hydrogen (secondary N) is 1. The minimum absolute atomic E-state index is 0.0465. The Hall–Kier alpha value is -1.18. The first-order valence-electron chi connectivity index (χ1n) is 6.31. The highest BCUT2D eigenvalue weighted by molar-refractivity contribution is 8.13. The third-order valence-electron chi connectivity index (χ3n) is 3.52. The highest BCUT2D eigenvalue weighted by atomic mass is 35.7. The minimum Gasteiger partial charge on any atom is -0.381 e. The van der Waals surface area contributed by atoms with E-state index in [1.807, 2.05) is 0 Å². The predicted molar refractivity (Wildman–Crippen MR) is 75.5 cm³/mol. The van der Waals surface area contributed by atoms with Gasteiger partial charge in [-0.2, -0.15) is 0 Å². The van der Waals surface area contributed by atoms with Crippen molar-refractivity contribution in [2.75, 3.05) is 7.11 Å². The molecule has 21 heavy (non-hydrogen) atoms. The Morgan fingerprint density at radius 2 is 2.05 bits per heavy atom. The molecule has 2 rings (SSSR count). The van der Waals surface area contributed by atoms with E-state index in [2.05, 4.69) is 5.32 Å². The maximum atomic E-state index is 14.0. The van der Waals surface area contributed by atoms with Crippen molar-refractivity contribution in [1.29, 1.82) is 0 Å². The molecule has 116 valence electrons. The highest BCUT2D eigenvalue weighted by Crippen LogP contribution is 2.25. The fraction of sp³-hybridized carbons (Fsp3) is 0.462. The molecule has 0 spiro atoms. The van der Waals surface area contributed by atoms with E-state index in [1.54, 1.807) is 7.11 Å². The smallest absolute Gasteiger partial charge is 0.261 e. The Kier molecular flexibility index (Phi) is 4.55. The van der Waals surface area contributed by atoms with Crippen LogP contribution in [0.3, 0.4) is 0 Å². The van der Waals surface area contributed by atoms with Gasteiger partial charge in [0.15, 0.2) is 0 Å². The zero-order chi connectivity index (χ0) is 15.8. The Balaban J connectivity index is 2.22. The summed E-state index contributed by atoms with van der Waals surface area (Å²) in [4.78, 5) is 11.8. The Labute approximate surface area is 126 Å². The van der Waals surface area contributed by atoms with Crippen molar-refractivity contribution in [3.63, 3.8) is 0 Å². The average Bonchev–Trinajstić information content (AvgIpc) is 2.34. The number of benzene rings is 1. The zero-order valence-electron chi connectivity index (χ0n) is 11.5. The summed E-state index contributed by atoms with van der Waals surface area (Å²) in [7, 11) is 2.80. The van der Waals surface area contributed by atoms with Crippen LogP contribution >= 0.6 is 10.7 Å². The molecular weight excluding hydrogens is 321 g/mol. The van der Waals surface area contributed by atoms with E-state index in [-0.39, 0.29) is 28.2 Å². The normalized spacial score (nSPS) is 21.7. The van der Waals surface area contributed by atoms with Gasteiger partial charge in [-0.1, -0.05) is 0 Å². The number of hydrogen-bond donors (Lipinski definition) is 1. The number of rotatable bonds is 4. The van der Waals surface area contributed by atoms with Crippen molar-refractivity contribution in [1.82, 2.24) is 5.32 Å². The highest BCUT2D eigenvalue weighted by Gasteiger charge is 2.31. The summed E-state index contributed by atoms with van der Waals surface area (Å²) in [5.41, 5.74) is -0.277. The Morgan fingerprint density at radius 1 is 1.43 bits per heavy atom. The van der Waals surface area contributed by atoms with E-state index in [0.29, 0.717) is 12.8 Å². The molecular formula is C13H15ClFNO4S. The number of methoxy groups -OCH3 is 1. The van der Waals surface area contributed by atoms with Crippen LogP contribution in [0.4, 0.5) is 4.39 Å². The molecule has 8 heteroatoms. The van der Waals surface area contributed by atoms with Crippen LogP contribution in [-0.4, -0.2) is 33.6 Å². The number of halogens is 2. The standard InChI is InChI=1S/C13H15ClFNO4S/c1-7-3-10(21(14,18)19)6-11(12(7)15)13(17)16-8-4-9(5-8)20-2/h3,6,8-9H,4-5H2,1-2H3,(H,16,17). The van der Waals surface area contributed by atoms with E-state index < -0.39 is 20.8 Å². The van der Waals surface area contributed by atoms with Crippen LogP contribution in [0.1, 0.15) is 28.8 Å². The molecule has 0 aliphatic heterocycles. The summed E-state index contributed by atoms with van der Waals surface area (Å²) in [5, 5.41) is 2.65. The number of ether oxygens (including phenoxy) is 1. The van der Waals surface area contributed by atoms with Gasteiger partial charge in [0.1, 0.15) is 5.82 Å². The molecule has 0 saturated heterocycles. The molecule has 1 aliphatic carbocycles. The van der Waals surface area contributed by atoms with Crippen molar-refractivity contribution < 1.29 is 22.3 Å². The Bertz CT molecular complexity index is 671. The van der Waals surface area contributed by atoms with Gasteiger partial charge in [0.25, 0.3) is 15.0 Å². The van der Waals surface area contributed by atoms with Crippen molar-refractivity contribution in [3.8, 4) is 0 Å². The first-order chi connectivity index (χ1) is 9.72. The van der Waals surface area contributed by atoms with Crippen LogP contribution in [0.5, 0.6) is 0 Å². The van der Waals surface area contributed by atoms with Crippen LogP contribution in [0.25, 0.3) is 0 Å². The third kappa shape index (κ3) is 3.53. The van der Waals surface area contributed by atoms with Crippen molar-refractivity contribution in [3.05, 3.63) is 29.1 Å². The average molecular weight is 336 g/mol. The lowest BCUT2D eigenvalue weighted by atomic mass is 9.89. The molecule has 0 atom stereocenters. The predicted octanol–water partition coefficient (Wildman–Crippen LogP) is 1.97. The van der Waals surface area contributed by atoms with Crippen LogP contribution < -0.4 is 5.32 Å². The fourth-order valence-corrected chi connectivity index (χ4v) is 3.02. The molecule has 1 amide bonds. The van der Waals surface area contributed by atoms with E-state index in [9.17, 15) is 17.6 Å². The van der Waals surface area contributed by atoms with Crippen molar-refractivity contribution >= 4 is 25.6 Å². The van der Waals surface area contributed by atoms with Gasteiger partial charge >= 0.3 is 0 Å². The number of amides is 1. The van der Waals surface area contributed by atoms with Crippen LogP contribution in [0.2, 0.25) is 0 Å². The number of carbonyl (C=O) groups is 1.